The molecule has 4 amide bonds. The van der Waals surface area contributed by atoms with Gasteiger partial charge in [0.2, 0.25) is 11.8 Å². The van der Waals surface area contributed by atoms with E-state index in [0.29, 0.717) is 5.57 Å². The van der Waals surface area contributed by atoms with Gasteiger partial charge in [0, 0.05) is 30.2 Å². The lowest BCUT2D eigenvalue weighted by molar-refractivity contribution is -0.142. The number of nitrogens with zero attached hydrogens (tertiary/aromatic N) is 2. The van der Waals surface area contributed by atoms with E-state index in [1.165, 1.54) is 38.5 Å². The van der Waals surface area contributed by atoms with Gasteiger partial charge in [-0.25, -0.2) is 9.29 Å². The molecule has 0 aromatic heterocycles. The number of alkyl halides is 2. The molecule has 14 heteroatoms. The van der Waals surface area contributed by atoms with Crippen molar-refractivity contribution in [2.45, 2.75) is 34.9 Å². The van der Waals surface area contributed by atoms with Gasteiger partial charge in [0.05, 0.1) is 38.2 Å². The molecule has 2 aromatic rings. The molecule has 6 rings (SSSR count). The third-order valence-electron chi connectivity index (χ3n) is 9.37. The Hall–Kier alpha value is -4.16. The van der Waals surface area contributed by atoms with Gasteiger partial charge in [0.25, 0.3) is 11.8 Å². The molecule has 236 valence electrons. The van der Waals surface area contributed by atoms with Crippen LogP contribution in [0.4, 0.5) is 10.1 Å². The number of rotatable bonds is 7. The average molecular weight is 661 g/mol. The van der Waals surface area contributed by atoms with E-state index in [1.807, 2.05) is 0 Å². The van der Waals surface area contributed by atoms with Gasteiger partial charge in [0.1, 0.15) is 23.1 Å². The minimum atomic E-state index is -2.29. The van der Waals surface area contributed by atoms with Crippen molar-refractivity contribution in [1.82, 2.24) is 4.90 Å². The number of hydrogen-bond acceptors (Lipinski definition) is 8. The van der Waals surface area contributed by atoms with E-state index in [4.69, 9.17) is 32.7 Å². The number of phenolic OH excluding ortho intramolecular Hbond substituents is 1. The topological polar surface area (TPSA) is 151 Å². The second-order valence-corrected chi connectivity index (χ2v) is 12.7. The number of imide groups is 2. The van der Waals surface area contributed by atoms with Gasteiger partial charge >= 0.3 is 5.97 Å². The van der Waals surface area contributed by atoms with Crippen molar-refractivity contribution in [3.8, 4) is 17.2 Å². The molecule has 2 saturated heterocycles. The SMILES string of the molecule is COc1cc(O)c(C2C3=CCC4C(=O)N(CCC(=O)O)C(=O)C4C3CC3(Cl)C(=O)N(c4ccc(F)cc4)C(=O)C23Cl)c(OC)c1. The fourth-order valence-electron chi connectivity index (χ4n) is 7.37. The van der Waals surface area contributed by atoms with Crippen LogP contribution in [0, 0.1) is 23.6 Å². The molecule has 6 atom stereocenters. The Morgan fingerprint density at radius 3 is 2.33 bits per heavy atom. The minimum absolute atomic E-state index is 0.00677. The van der Waals surface area contributed by atoms with E-state index in [1.54, 1.807) is 6.08 Å². The number of hydrogen-bond donors (Lipinski definition) is 2. The number of methoxy groups -OCH3 is 2. The summed E-state index contributed by atoms with van der Waals surface area (Å²) in [6, 6.07) is 7.32. The Balaban J connectivity index is 1.57. The summed E-state index contributed by atoms with van der Waals surface area (Å²) in [6.45, 7) is -0.334. The molecule has 2 aliphatic carbocycles. The number of fused-ring (bicyclic) bond motifs is 4. The highest BCUT2D eigenvalue weighted by Gasteiger charge is 2.77. The number of phenols is 1. The number of carboxylic acid groups (broad SMARTS) is 1. The molecule has 2 aromatic carbocycles. The highest BCUT2D eigenvalue weighted by molar-refractivity contribution is 6.58. The van der Waals surface area contributed by atoms with Crippen LogP contribution in [0.3, 0.4) is 0 Å². The Morgan fingerprint density at radius 1 is 1.02 bits per heavy atom. The number of amides is 4. The van der Waals surface area contributed by atoms with Gasteiger partial charge in [-0.15, -0.1) is 23.2 Å². The first-order chi connectivity index (χ1) is 21.3. The second kappa shape index (κ2) is 10.7. The van der Waals surface area contributed by atoms with Crippen molar-refractivity contribution in [3.63, 3.8) is 0 Å². The van der Waals surface area contributed by atoms with Crippen LogP contribution in [0.5, 0.6) is 17.2 Å². The lowest BCUT2D eigenvalue weighted by Crippen LogP contribution is -2.60. The van der Waals surface area contributed by atoms with Crippen LogP contribution < -0.4 is 14.4 Å². The van der Waals surface area contributed by atoms with Crippen LogP contribution in [-0.2, 0) is 24.0 Å². The normalized spacial score (nSPS) is 30.6. The van der Waals surface area contributed by atoms with E-state index in [-0.39, 0.29) is 42.1 Å². The second-order valence-electron chi connectivity index (χ2n) is 11.5. The van der Waals surface area contributed by atoms with E-state index >= 15 is 0 Å². The number of likely N-dealkylation sites (tertiary alicyclic amines) is 1. The molecule has 0 radical (unpaired) electrons. The van der Waals surface area contributed by atoms with Gasteiger partial charge in [0.15, 0.2) is 9.75 Å². The van der Waals surface area contributed by atoms with Crippen LogP contribution in [0.2, 0.25) is 0 Å². The summed E-state index contributed by atoms with van der Waals surface area (Å²) in [5, 5.41) is 20.6. The summed E-state index contributed by atoms with van der Waals surface area (Å²) < 4.78 is 24.7. The predicted octanol–water partition coefficient (Wildman–Crippen LogP) is 3.59. The van der Waals surface area contributed by atoms with Crippen molar-refractivity contribution >= 4 is 58.5 Å². The van der Waals surface area contributed by atoms with Crippen molar-refractivity contribution < 1.29 is 48.0 Å². The summed E-state index contributed by atoms with van der Waals surface area (Å²) in [4.78, 5) is 64.3. The molecule has 2 heterocycles. The Labute approximate surface area is 266 Å². The molecule has 2 aliphatic heterocycles. The first-order valence-electron chi connectivity index (χ1n) is 14.0. The van der Waals surface area contributed by atoms with Crippen molar-refractivity contribution in [2.24, 2.45) is 17.8 Å². The number of carbonyl (C=O) groups is 5. The number of allylic oxidation sites excluding steroid dienone is 2. The summed E-state index contributed by atoms with van der Waals surface area (Å²) in [5.74, 6) is -9.12. The number of benzene rings is 2. The lowest BCUT2D eigenvalue weighted by Gasteiger charge is -2.50. The highest BCUT2D eigenvalue weighted by atomic mass is 35.5. The molecule has 11 nitrogen and oxygen atoms in total. The number of carboxylic acids is 1. The number of halogens is 3. The Kier molecular flexibility index (Phi) is 7.36. The zero-order chi connectivity index (χ0) is 32.6. The molecule has 4 aliphatic rings. The van der Waals surface area contributed by atoms with Crippen molar-refractivity contribution in [2.75, 3.05) is 25.7 Å². The Morgan fingerprint density at radius 2 is 1.71 bits per heavy atom. The molecule has 3 fully saturated rings. The minimum Gasteiger partial charge on any atom is -0.507 e. The van der Waals surface area contributed by atoms with Gasteiger partial charge in [-0.05, 0) is 43.0 Å². The molecular weight excluding hydrogens is 634 g/mol. The largest absolute Gasteiger partial charge is 0.507 e. The fourth-order valence-corrected chi connectivity index (χ4v) is 8.29. The van der Waals surface area contributed by atoms with Crippen LogP contribution in [0.1, 0.15) is 30.7 Å². The number of aliphatic carboxylic acids is 1. The lowest BCUT2D eigenvalue weighted by atomic mass is 9.56. The van der Waals surface area contributed by atoms with E-state index in [9.17, 15) is 38.6 Å². The zero-order valence-corrected chi connectivity index (χ0v) is 25.5. The van der Waals surface area contributed by atoms with Crippen LogP contribution >= 0.6 is 23.2 Å². The molecular formula is C31H27Cl2FN2O9. The molecule has 0 bridgehead atoms. The first-order valence-corrected chi connectivity index (χ1v) is 14.8. The maximum Gasteiger partial charge on any atom is 0.305 e. The van der Waals surface area contributed by atoms with Crippen LogP contribution in [0.15, 0.2) is 48.0 Å². The van der Waals surface area contributed by atoms with Crippen molar-refractivity contribution in [1.29, 1.82) is 0 Å². The Bertz CT molecular complexity index is 1700. The van der Waals surface area contributed by atoms with Gasteiger partial charge in [-0.2, -0.15) is 0 Å². The predicted molar refractivity (Wildman–Crippen MR) is 157 cm³/mol. The molecule has 1 saturated carbocycles. The third kappa shape index (κ3) is 4.25. The van der Waals surface area contributed by atoms with Crippen LogP contribution in [0.25, 0.3) is 0 Å². The van der Waals surface area contributed by atoms with Gasteiger partial charge in [-0.3, -0.25) is 28.9 Å². The summed E-state index contributed by atoms with van der Waals surface area (Å²) >= 11 is 14.6. The number of aromatic hydroxyl groups is 1. The fraction of sp³-hybridized carbons (Fsp3) is 0.387. The molecule has 2 N–H and O–H groups in total. The van der Waals surface area contributed by atoms with E-state index in [2.05, 4.69) is 0 Å². The smallest absolute Gasteiger partial charge is 0.305 e. The summed E-state index contributed by atoms with van der Waals surface area (Å²) in [7, 11) is 2.70. The average Bonchev–Trinajstić information content (AvgIpc) is 3.34. The van der Waals surface area contributed by atoms with Gasteiger partial charge < -0.3 is 19.7 Å². The quantitative estimate of drug-likeness (QED) is 0.258. The monoisotopic (exact) mass is 660 g/mol. The molecule has 6 unspecified atom stereocenters. The standard InChI is InChI=1S/C31H27Cl2FN2O9/c1-44-16-11-20(37)24(21(12-16)45-2)25-17-7-8-18-23(27(41)35(26(18)40)10-9-22(38)39)19(17)13-30(32)28(42)36(29(43)31(25,30)33)15-5-3-14(34)4-6-15/h3-7,11-12,18-19,23,25,37H,8-10,13H2,1-2H3,(H,38,39). The molecule has 45 heavy (non-hydrogen) atoms. The molecule has 0 spiro atoms. The zero-order valence-electron chi connectivity index (χ0n) is 24.0. The number of ether oxygens (including phenoxy) is 2. The van der Waals surface area contributed by atoms with Crippen molar-refractivity contribution in [3.05, 3.63) is 59.4 Å². The number of anilines is 1. The summed E-state index contributed by atoms with van der Waals surface area (Å²) in [6.07, 6.45) is 0.928. The van der Waals surface area contributed by atoms with Gasteiger partial charge in [-0.1, -0.05) is 11.6 Å². The third-order valence-corrected chi connectivity index (χ3v) is 10.8. The first kappa shape index (κ1) is 30.8. The van der Waals surface area contributed by atoms with E-state index < -0.39 is 81.0 Å². The maximum atomic E-state index is 14.4. The maximum absolute atomic E-state index is 14.4. The summed E-state index contributed by atoms with van der Waals surface area (Å²) in [5.41, 5.74) is 0.409. The van der Waals surface area contributed by atoms with E-state index in [0.717, 1.165) is 21.9 Å². The number of carbonyl (C=O) groups excluding carboxylic acids is 4. The van der Waals surface area contributed by atoms with Crippen LogP contribution in [-0.4, -0.2) is 75.2 Å². The highest BCUT2D eigenvalue weighted by Crippen LogP contribution is 2.67.